The van der Waals surface area contributed by atoms with Crippen LogP contribution in [0, 0.1) is 0 Å². The molecule has 0 spiro atoms. The third kappa shape index (κ3) is 7.75. The van der Waals surface area contributed by atoms with Gasteiger partial charge >= 0.3 is 6.18 Å². The van der Waals surface area contributed by atoms with Crippen LogP contribution in [-0.2, 0) is 0 Å². The third-order valence-electron chi connectivity index (χ3n) is 0.914. The van der Waals surface area contributed by atoms with Crippen LogP contribution in [0.3, 0.4) is 0 Å². The Kier molecular flexibility index (Phi) is 3.61. The van der Waals surface area contributed by atoms with E-state index in [9.17, 15) is 13.2 Å². The summed E-state index contributed by atoms with van der Waals surface area (Å²) in [7, 11) is 0. The van der Waals surface area contributed by atoms with Gasteiger partial charge in [-0.25, -0.2) is 0 Å². The van der Waals surface area contributed by atoms with Gasteiger partial charge in [0.05, 0.1) is 0 Å². The first-order valence-electron chi connectivity index (χ1n) is 2.83. The average molecular weight is 141 g/mol. The second-order valence-electron chi connectivity index (χ2n) is 1.86. The van der Waals surface area contributed by atoms with Crippen LogP contribution in [0.1, 0.15) is 19.3 Å². The molecule has 0 fully saturated rings. The standard InChI is InChI=1S/C5H10F3N/c6-5(7,8)3-1-2-4-9/h1-4,9H2. The first-order valence-corrected chi connectivity index (χ1v) is 2.83. The zero-order valence-electron chi connectivity index (χ0n) is 5.04. The van der Waals surface area contributed by atoms with Gasteiger partial charge in [0.25, 0.3) is 0 Å². The van der Waals surface area contributed by atoms with E-state index < -0.39 is 12.6 Å². The van der Waals surface area contributed by atoms with E-state index in [2.05, 4.69) is 0 Å². The van der Waals surface area contributed by atoms with Crippen molar-refractivity contribution in [1.82, 2.24) is 0 Å². The molecule has 0 atom stereocenters. The molecular formula is C5H10F3N. The van der Waals surface area contributed by atoms with Crippen molar-refractivity contribution in [3.8, 4) is 0 Å². The van der Waals surface area contributed by atoms with Crippen LogP contribution < -0.4 is 5.73 Å². The monoisotopic (exact) mass is 141 g/mol. The molecule has 2 N–H and O–H groups in total. The quantitative estimate of drug-likeness (QED) is 0.594. The Labute approximate surface area is 52.0 Å². The maximum Gasteiger partial charge on any atom is 0.389 e. The minimum atomic E-state index is -4.00. The summed E-state index contributed by atoms with van der Waals surface area (Å²) in [5.74, 6) is 0. The van der Waals surface area contributed by atoms with E-state index in [0.29, 0.717) is 13.0 Å². The van der Waals surface area contributed by atoms with Gasteiger partial charge in [-0.1, -0.05) is 0 Å². The maximum atomic E-state index is 11.3. The van der Waals surface area contributed by atoms with Crippen LogP contribution >= 0.6 is 0 Å². The molecule has 0 radical (unpaired) electrons. The van der Waals surface area contributed by atoms with Gasteiger partial charge in [0, 0.05) is 6.42 Å². The van der Waals surface area contributed by atoms with E-state index in [1.807, 2.05) is 0 Å². The van der Waals surface area contributed by atoms with Gasteiger partial charge in [-0.3, -0.25) is 0 Å². The van der Waals surface area contributed by atoms with Crippen molar-refractivity contribution in [2.24, 2.45) is 5.73 Å². The van der Waals surface area contributed by atoms with Crippen molar-refractivity contribution in [3.05, 3.63) is 0 Å². The zero-order valence-corrected chi connectivity index (χ0v) is 5.04. The van der Waals surface area contributed by atoms with E-state index in [1.54, 1.807) is 0 Å². The second kappa shape index (κ2) is 3.71. The molecule has 0 aromatic rings. The average Bonchev–Trinajstić information content (AvgIpc) is 1.63. The molecule has 0 unspecified atom stereocenters. The lowest BCUT2D eigenvalue weighted by molar-refractivity contribution is -0.135. The minimum absolute atomic E-state index is 0.153. The van der Waals surface area contributed by atoms with Gasteiger partial charge in [-0.2, -0.15) is 13.2 Å². The molecule has 0 amide bonds. The van der Waals surface area contributed by atoms with Gasteiger partial charge in [0.15, 0.2) is 0 Å². The summed E-state index contributed by atoms with van der Waals surface area (Å²) in [4.78, 5) is 0. The molecule has 0 aliphatic rings. The molecule has 0 heterocycles. The van der Waals surface area contributed by atoms with E-state index >= 15 is 0 Å². The smallest absolute Gasteiger partial charge is 0.330 e. The van der Waals surface area contributed by atoms with E-state index in [1.165, 1.54) is 0 Å². The zero-order chi connectivity index (χ0) is 7.33. The van der Waals surface area contributed by atoms with Crippen LogP contribution in [0.5, 0.6) is 0 Å². The van der Waals surface area contributed by atoms with Crippen LogP contribution in [0.15, 0.2) is 0 Å². The fourth-order valence-electron chi connectivity index (χ4n) is 0.470. The first kappa shape index (κ1) is 8.75. The summed E-state index contributed by atoms with van der Waals surface area (Å²) in [6.07, 6.45) is -4.10. The minimum Gasteiger partial charge on any atom is -0.330 e. The SMILES string of the molecule is NCCCCC(F)(F)F. The molecule has 0 saturated heterocycles. The fourth-order valence-corrected chi connectivity index (χ4v) is 0.470. The molecule has 1 nitrogen and oxygen atoms in total. The summed E-state index contributed by atoms with van der Waals surface area (Å²) in [5, 5.41) is 0. The maximum absolute atomic E-state index is 11.3. The Morgan fingerprint density at radius 2 is 1.67 bits per heavy atom. The number of alkyl halides is 3. The molecule has 9 heavy (non-hydrogen) atoms. The lowest BCUT2D eigenvalue weighted by Crippen LogP contribution is -2.08. The Morgan fingerprint density at radius 3 is 2.00 bits per heavy atom. The Morgan fingerprint density at radius 1 is 1.11 bits per heavy atom. The highest BCUT2D eigenvalue weighted by Crippen LogP contribution is 2.21. The molecule has 0 bridgehead atoms. The molecule has 0 rings (SSSR count). The fraction of sp³-hybridized carbons (Fsp3) is 1.00. The topological polar surface area (TPSA) is 26.0 Å². The van der Waals surface area contributed by atoms with Crippen LogP contribution in [0.2, 0.25) is 0 Å². The van der Waals surface area contributed by atoms with E-state index in [0.717, 1.165) is 0 Å². The number of unbranched alkanes of at least 4 members (excludes halogenated alkanes) is 1. The third-order valence-corrected chi connectivity index (χ3v) is 0.914. The van der Waals surface area contributed by atoms with Gasteiger partial charge in [-0.15, -0.1) is 0 Å². The Hall–Kier alpha value is -0.250. The van der Waals surface area contributed by atoms with E-state index in [4.69, 9.17) is 5.73 Å². The van der Waals surface area contributed by atoms with Crippen LogP contribution in [-0.4, -0.2) is 12.7 Å². The van der Waals surface area contributed by atoms with E-state index in [-0.39, 0.29) is 6.42 Å². The highest BCUT2D eigenvalue weighted by Gasteiger charge is 2.25. The van der Waals surface area contributed by atoms with Crippen molar-refractivity contribution in [2.75, 3.05) is 6.54 Å². The normalized spacial score (nSPS) is 12.0. The number of rotatable bonds is 3. The van der Waals surface area contributed by atoms with Crippen LogP contribution in [0.4, 0.5) is 13.2 Å². The Bertz CT molecular complexity index is 69.1. The largest absolute Gasteiger partial charge is 0.389 e. The predicted molar refractivity (Wildman–Crippen MR) is 29.0 cm³/mol. The summed E-state index contributed by atoms with van der Waals surface area (Å²) in [6.45, 7) is 0.343. The Balaban J connectivity index is 3.07. The predicted octanol–water partition coefficient (Wildman–Crippen LogP) is 1.68. The number of halogens is 3. The molecule has 0 saturated carbocycles. The highest BCUT2D eigenvalue weighted by atomic mass is 19.4. The van der Waals surface area contributed by atoms with Gasteiger partial charge < -0.3 is 5.73 Å². The summed E-state index contributed by atoms with van der Waals surface area (Å²) in [6, 6.07) is 0. The van der Waals surface area contributed by atoms with Crippen molar-refractivity contribution in [3.63, 3.8) is 0 Å². The first-order chi connectivity index (χ1) is 4.06. The number of hydrogen-bond donors (Lipinski definition) is 1. The van der Waals surface area contributed by atoms with Gasteiger partial charge in [0.1, 0.15) is 0 Å². The van der Waals surface area contributed by atoms with Gasteiger partial charge in [0.2, 0.25) is 0 Å². The second-order valence-corrected chi connectivity index (χ2v) is 1.86. The van der Waals surface area contributed by atoms with Crippen LogP contribution in [0.25, 0.3) is 0 Å². The van der Waals surface area contributed by atoms with Crippen molar-refractivity contribution >= 4 is 0 Å². The highest BCUT2D eigenvalue weighted by molar-refractivity contribution is 4.50. The lowest BCUT2D eigenvalue weighted by Gasteiger charge is -2.03. The molecule has 0 aromatic heterocycles. The number of hydrogen-bond acceptors (Lipinski definition) is 1. The molecular weight excluding hydrogens is 131 g/mol. The van der Waals surface area contributed by atoms with Crippen molar-refractivity contribution in [2.45, 2.75) is 25.4 Å². The summed E-state index contributed by atoms with van der Waals surface area (Å²) >= 11 is 0. The molecule has 4 heteroatoms. The van der Waals surface area contributed by atoms with Gasteiger partial charge in [-0.05, 0) is 19.4 Å². The number of nitrogens with two attached hydrogens (primary N) is 1. The summed E-state index contributed by atoms with van der Waals surface area (Å²) in [5.41, 5.74) is 4.99. The summed E-state index contributed by atoms with van der Waals surface area (Å²) < 4.78 is 34.0. The van der Waals surface area contributed by atoms with Crippen molar-refractivity contribution in [1.29, 1.82) is 0 Å². The van der Waals surface area contributed by atoms with Crippen molar-refractivity contribution < 1.29 is 13.2 Å². The molecule has 0 aliphatic carbocycles. The molecule has 56 valence electrons. The molecule has 0 aromatic carbocycles. The molecule has 0 aliphatic heterocycles. The lowest BCUT2D eigenvalue weighted by atomic mass is 10.2.